The summed E-state index contributed by atoms with van der Waals surface area (Å²) in [6, 6.07) is 5.57. The summed E-state index contributed by atoms with van der Waals surface area (Å²) in [5, 5.41) is 8.72. The van der Waals surface area contributed by atoms with Gasteiger partial charge in [-0.15, -0.1) is 0 Å². The summed E-state index contributed by atoms with van der Waals surface area (Å²) in [4.78, 5) is 55.0. The number of ether oxygens (including phenoxy) is 2. The number of rotatable bonds is 4. The van der Waals surface area contributed by atoms with Crippen LogP contribution in [0.3, 0.4) is 0 Å². The first kappa shape index (κ1) is 29.4. The van der Waals surface area contributed by atoms with Crippen LogP contribution < -0.4 is 20.7 Å². The van der Waals surface area contributed by atoms with Gasteiger partial charge in [0.2, 0.25) is 11.8 Å². The number of allylic oxidation sites excluding steroid dienone is 1. The van der Waals surface area contributed by atoms with E-state index in [1.54, 1.807) is 57.0 Å². The number of anilines is 1. The number of hydrogen-bond acceptors (Lipinski definition) is 6. The Kier molecular flexibility index (Phi) is 9.05. The Bertz CT molecular complexity index is 1150. The molecule has 0 aromatic heterocycles. The van der Waals surface area contributed by atoms with Crippen LogP contribution in [-0.2, 0) is 19.1 Å². The van der Waals surface area contributed by atoms with Gasteiger partial charge < -0.3 is 30.3 Å². The van der Waals surface area contributed by atoms with Crippen molar-refractivity contribution in [3.63, 3.8) is 0 Å². The molecule has 1 aromatic carbocycles. The van der Waals surface area contributed by atoms with E-state index in [1.807, 2.05) is 6.08 Å². The average molecular weight is 555 g/mol. The van der Waals surface area contributed by atoms with Crippen molar-refractivity contribution < 1.29 is 28.7 Å². The molecule has 1 aliphatic carbocycles. The summed E-state index contributed by atoms with van der Waals surface area (Å²) in [5.41, 5.74) is -1.22. The first-order chi connectivity index (χ1) is 19.0. The second kappa shape index (κ2) is 12.3. The third-order valence-electron chi connectivity index (χ3n) is 7.65. The summed E-state index contributed by atoms with van der Waals surface area (Å²) in [6.45, 7) is 5.72. The van der Waals surface area contributed by atoms with Crippen LogP contribution in [0.1, 0.15) is 72.1 Å². The Morgan fingerprint density at radius 2 is 1.90 bits per heavy atom. The standard InChI is InChI=1S/C30H42N4O6/c1-29(2,3)40-28(38)32-23-15-9-7-5-6-8-12-20-19-30(20,27(37)31-21-13-10-14-22(18-21)39-4)33-25(35)24-16-11-17-34(24)26(23)36/h8,10,12-14,18,20,23-24H,5-7,9,11,15-17,19H2,1-4H3,(H,31,37)(H,32,38)(H,33,35)/t20-,23+,24?,30-/m1/s1. The first-order valence-corrected chi connectivity index (χ1v) is 14.3. The molecule has 0 bridgehead atoms. The van der Waals surface area contributed by atoms with Crippen molar-refractivity contribution in [2.45, 2.75) is 95.4 Å². The number of amides is 4. The number of carbonyl (C=O) groups excluding carboxylic acids is 4. The lowest BCUT2D eigenvalue weighted by atomic mass is 10.0. The number of benzene rings is 1. The molecule has 2 fully saturated rings. The van der Waals surface area contributed by atoms with Crippen molar-refractivity contribution >= 4 is 29.5 Å². The largest absolute Gasteiger partial charge is 0.497 e. The maximum atomic E-state index is 13.7. The smallest absolute Gasteiger partial charge is 0.408 e. The summed E-state index contributed by atoms with van der Waals surface area (Å²) in [6.07, 6.45) is 8.91. The summed E-state index contributed by atoms with van der Waals surface area (Å²) >= 11 is 0. The van der Waals surface area contributed by atoms with Crippen molar-refractivity contribution in [1.82, 2.24) is 15.5 Å². The van der Waals surface area contributed by atoms with Gasteiger partial charge in [-0.25, -0.2) is 4.79 Å². The minimum absolute atomic E-state index is 0.140. The number of nitrogens with one attached hydrogen (secondary N) is 3. The third kappa shape index (κ3) is 7.14. The summed E-state index contributed by atoms with van der Waals surface area (Å²) in [7, 11) is 1.56. The van der Waals surface area contributed by atoms with Crippen molar-refractivity contribution in [2.75, 3.05) is 19.0 Å². The second-order valence-electron chi connectivity index (χ2n) is 11.9. The van der Waals surface area contributed by atoms with Gasteiger partial charge in [-0.05, 0) is 71.4 Å². The molecule has 4 amide bonds. The van der Waals surface area contributed by atoms with Gasteiger partial charge in [0.15, 0.2) is 0 Å². The third-order valence-corrected chi connectivity index (χ3v) is 7.65. The van der Waals surface area contributed by atoms with Gasteiger partial charge in [0.25, 0.3) is 5.91 Å². The van der Waals surface area contributed by atoms with E-state index in [0.29, 0.717) is 43.7 Å². The molecule has 1 saturated heterocycles. The van der Waals surface area contributed by atoms with Gasteiger partial charge >= 0.3 is 6.09 Å². The second-order valence-corrected chi connectivity index (χ2v) is 11.9. The first-order valence-electron chi connectivity index (χ1n) is 14.3. The van der Waals surface area contributed by atoms with Gasteiger partial charge in [0.1, 0.15) is 29.0 Å². The maximum absolute atomic E-state index is 13.7. The molecule has 218 valence electrons. The molecule has 10 nitrogen and oxygen atoms in total. The maximum Gasteiger partial charge on any atom is 0.408 e. The monoisotopic (exact) mass is 554 g/mol. The predicted molar refractivity (Wildman–Crippen MR) is 151 cm³/mol. The molecule has 10 heteroatoms. The Hall–Kier alpha value is -3.56. The van der Waals surface area contributed by atoms with Crippen molar-refractivity contribution in [1.29, 1.82) is 0 Å². The Morgan fingerprint density at radius 3 is 2.65 bits per heavy atom. The SMILES string of the molecule is COc1cccc(NC(=O)[C@@]23C[C@H]2C=CCCCCC[C@H](NC(=O)OC(C)(C)C)C(=O)N2CCCC2C(=O)N3)c1. The van der Waals surface area contributed by atoms with Crippen LogP contribution in [0, 0.1) is 5.92 Å². The molecule has 4 rings (SSSR count). The van der Waals surface area contributed by atoms with Crippen LogP contribution >= 0.6 is 0 Å². The van der Waals surface area contributed by atoms with Crippen LogP contribution in [0.5, 0.6) is 5.75 Å². The summed E-state index contributed by atoms with van der Waals surface area (Å²) < 4.78 is 10.7. The summed E-state index contributed by atoms with van der Waals surface area (Å²) in [5.74, 6) is -0.469. The molecule has 0 radical (unpaired) electrons. The number of hydrogen-bond donors (Lipinski definition) is 3. The number of fused-ring (bicyclic) bond motifs is 2. The highest BCUT2D eigenvalue weighted by molar-refractivity contribution is 6.04. The van der Waals surface area contributed by atoms with Gasteiger partial charge in [0, 0.05) is 24.2 Å². The molecule has 3 N–H and O–H groups in total. The molecular formula is C30H42N4O6. The Labute approximate surface area is 236 Å². The highest BCUT2D eigenvalue weighted by Crippen LogP contribution is 2.46. The Balaban J connectivity index is 1.54. The van der Waals surface area contributed by atoms with Crippen molar-refractivity contribution in [3.05, 3.63) is 36.4 Å². The number of carbonyl (C=O) groups is 4. The molecule has 2 heterocycles. The van der Waals surface area contributed by atoms with Gasteiger partial charge in [0.05, 0.1) is 7.11 Å². The molecule has 1 unspecified atom stereocenters. The normalized spacial score (nSPS) is 27.3. The van der Waals surface area contributed by atoms with E-state index in [2.05, 4.69) is 22.0 Å². The fourth-order valence-electron chi connectivity index (χ4n) is 5.49. The quantitative estimate of drug-likeness (QED) is 0.485. The average Bonchev–Trinajstić information content (AvgIpc) is 3.35. The minimum atomic E-state index is -1.09. The molecule has 3 aliphatic rings. The van der Waals surface area contributed by atoms with Crippen LogP contribution in [0.4, 0.5) is 10.5 Å². The zero-order valence-electron chi connectivity index (χ0n) is 24.0. The van der Waals surface area contributed by atoms with Crippen LogP contribution in [0.2, 0.25) is 0 Å². The van der Waals surface area contributed by atoms with Crippen molar-refractivity contribution in [2.24, 2.45) is 5.92 Å². The fraction of sp³-hybridized carbons (Fsp3) is 0.600. The van der Waals surface area contributed by atoms with Gasteiger partial charge in [-0.2, -0.15) is 0 Å². The van der Waals surface area contributed by atoms with E-state index >= 15 is 0 Å². The fourth-order valence-corrected chi connectivity index (χ4v) is 5.49. The topological polar surface area (TPSA) is 126 Å². The van der Waals surface area contributed by atoms with Crippen LogP contribution in [0.25, 0.3) is 0 Å². The molecule has 1 aromatic rings. The lowest BCUT2D eigenvalue weighted by molar-refractivity contribution is -0.141. The molecular weight excluding hydrogens is 512 g/mol. The van der Waals surface area contributed by atoms with Crippen LogP contribution in [0.15, 0.2) is 36.4 Å². The lowest BCUT2D eigenvalue weighted by Crippen LogP contribution is -2.57. The van der Waals surface area contributed by atoms with Gasteiger partial charge in [-0.3, -0.25) is 14.4 Å². The highest BCUT2D eigenvalue weighted by Gasteiger charge is 2.60. The number of methoxy groups -OCH3 is 1. The van der Waals surface area contributed by atoms with Crippen molar-refractivity contribution in [3.8, 4) is 5.75 Å². The molecule has 0 spiro atoms. The lowest BCUT2D eigenvalue weighted by Gasteiger charge is -2.30. The molecule has 1 saturated carbocycles. The Morgan fingerprint density at radius 1 is 1.10 bits per heavy atom. The highest BCUT2D eigenvalue weighted by atomic mass is 16.6. The van der Waals surface area contributed by atoms with Gasteiger partial charge in [-0.1, -0.05) is 31.1 Å². The predicted octanol–water partition coefficient (Wildman–Crippen LogP) is 3.91. The van der Waals surface area contributed by atoms with E-state index in [9.17, 15) is 19.2 Å². The van der Waals surface area contributed by atoms with E-state index < -0.39 is 29.3 Å². The zero-order valence-corrected chi connectivity index (χ0v) is 24.0. The molecule has 2 aliphatic heterocycles. The molecule has 4 atom stereocenters. The number of alkyl carbamates (subject to hydrolysis) is 1. The van der Waals surface area contributed by atoms with E-state index in [1.165, 1.54) is 0 Å². The van der Waals surface area contributed by atoms with E-state index in [4.69, 9.17) is 9.47 Å². The van der Waals surface area contributed by atoms with Crippen LogP contribution in [-0.4, -0.2) is 65.6 Å². The minimum Gasteiger partial charge on any atom is -0.497 e. The molecule has 40 heavy (non-hydrogen) atoms. The van der Waals surface area contributed by atoms with E-state index in [-0.39, 0.29) is 23.6 Å². The van der Waals surface area contributed by atoms with E-state index in [0.717, 1.165) is 25.7 Å². The zero-order chi connectivity index (χ0) is 28.9. The number of nitrogens with zero attached hydrogens (tertiary/aromatic N) is 1.